The fourth-order valence-corrected chi connectivity index (χ4v) is 2.65. The van der Waals surface area contributed by atoms with Crippen LogP contribution in [0.4, 0.5) is 5.69 Å². The molecule has 2 rings (SSSR count). The number of piperidine rings is 1. The van der Waals surface area contributed by atoms with Gasteiger partial charge in [0.2, 0.25) is 5.91 Å². The maximum absolute atomic E-state index is 12.6. The molecule has 0 bridgehead atoms. The first-order chi connectivity index (χ1) is 10.1. The summed E-state index contributed by atoms with van der Waals surface area (Å²) < 4.78 is 5.09. The number of nitrogens with two attached hydrogens (primary N) is 1. The quantitative estimate of drug-likeness (QED) is 0.814. The van der Waals surface area contributed by atoms with Gasteiger partial charge in [-0.1, -0.05) is 0 Å². The maximum Gasteiger partial charge on any atom is 0.254 e. The Kier molecular flexibility index (Phi) is 4.67. The summed E-state index contributed by atoms with van der Waals surface area (Å²) in [5, 5.41) is 2.62. The summed E-state index contributed by atoms with van der Waals surface area (Å²) in [6, 6.07) is 4.53. The second kappa shape index (κ2) is 6.47. The monoisotopic (exact) mass is 291 g/mol. The van der Waals surface area contributed by atoms with E-state index < -0.39 is 6.04 Å². The van der Waals surface area contributed by atoms with Crippen LogP contribution in [0.15, 0.2) is 18.2 Å². The number of benzene rings is 1. The van der Waals surface area contributed by atoms with E-state index >= 15 is 0 Å². The molecule has 1 aromatic carbocycles. The summed E-state index contributed by atoms with van der Waals surface area (Å²) in [5.74, 6) is 0.246. The molecule has 0 aromatic heterocycles. The Labute approximate surface area is 124 Å². The highest BCUT2D eigenvalue weighted by atomic mass is 16.5. The van der Waals surface area contributed by atoms with Crippen LogP contribution in [-0.2, 0) is 4.79 Å². The number of nitrogen functional groups attached to an aromatic ring is 1. The van der Waals surface area contributed by atoms with Gasteiger partial charge in [-0.15, -0.1) is 0 Å². The molecule has 114 valence electrons. The fraction of sp³-hybridized carbons (Fsp3) is 0.467. The average molecular weight is 291 g/mol. The Morgan fingerprint density at radius 3 is 2.76 bits per heavy atom. The van der Waals surface area contributed by atoms with Crippen molar-refractivity contribution in [3.05, 3.63) is 23.8 Å². The van der Waals surface area contributed by atoms with E-state index in [-0.39, 0.29) is 11.8 Å². The van der Waals surface area contributed by atoms with Gasteiger partial charge in [0, 0.05) is 19.2 Å². The number of likely N-dealkylation sites (N-methyl/N-ethyl adjacent to an activating group) is 1. The molecule has 1 unspecified atom stereocenters. The molecule has 6 heteroatoms. The molecule has 1 atom stereocenters. The highest BCUT2D eigenvalue weighted by Gasteiger charge is 2.32. The zero-order valence-electron chi connectivity index (χ0n) is 12.4. The summed E-state index contributed by atoms with van der Waals surface area (Å²) in [4.78, 5) is 26.2. The number of rotatable bonds is 3. The number of carbonyl (C=O) groups is 2. The Balaban J connectivity index is 2.24. The Hall–Kier alpha value is -2.24. The van der Waals surface area contributed by atoms with E-state index in [1.165, 1.54) is 7.11 Å². The molecule has 6 nitrogen and oxygen atoms in total. The largest absolute Gasteiger partial charge is 0.495 e. The lowest BCUT2D eigenvalue weighted by molar-refractivity contribution is -0.126. The van der Waals surface area contributed by atoms with Gasteiger partial charge in [-0.2, -0.15) is 0 Å². The number of anilines is 1. The Bertz CT molecular complexity index is 545. The first kappa shape index (κ1) is 15.2. The molecule has 2 amide bonds. The van der Waals surface area contributed by atoms with Crippen LogP contribution in [-0.4, -0.2) is 43.5 Å². The number of hydrogen-bond acceptors (Lipinski definition) is 4. The van der Waals surface area contributed by atoms with E-state index in [0.29, 0.717) is 30.0 Å². The molecule has 1 aliphatic heterocycles. The lowest BCUT2D eigenvalue weighted by Crippen LogP contribution is -2.51. The minimum Gasteiger partial charge on any atom is -0.495 e. The number of nitrogens with zero attached hydrogens (tertiary/aromatic N) is 1. The normalized spacial score (nSPS) is 18.2. The third-order valence-corrected chi connectivity index (χ3v) is 3.79. The van der Waals surface area contributed by atoms with Crippen LogP contribution in [0.3, 0.4) is 0 Å². The second-order valence-corrected chi connectivity index (χ2v) is 5.08. The van der Waals surface area contributed by atoms with Gasteiger partial charge >= 0.3 is 0 Å². The SMILES string of the molecule is CNC(=O)C1CCCCN1C(=O)c1ccc(OC)c(N)c1. The number of carbonyl (C=O) groups excluding carboxylic acids is 2. The smallest absolute Gasteiger partial charge is 0.254 e. The summed E-state index contributed by atoms with van der Waals surface area (Å²) in [6.45, 7) is 0.586. The van der Waals surface area contributed by atoms with Crippen molar-refractivity contribution in [3.8, 4) is 5.75 Å². The zero-order chi connectivity index (χ0) is 15.4. The van der Waals surface area contributed by atoms with Crippen molar-refractivity contribution in [1.29, 1.82) is 0 Å². The highest BCUT2D eigenvalue weighted by Crippen LogP contribution is 2.25. The minimum absolute atomic E-state index is 0.121. The van der Waals surface area contributed by atoms with Crippen molar-refractivity contribution in [1.82, 2.24) is 10.2 Å². The van der Waals surface area contributed by atoms with Crippen molar-refractivity contribution in [2.24, 2.45) is 0 Å². The first-order valence-electron chi connectivity index (χ1n) is 7.04. The van der Waals surface area contributed by atoms with Crippen LogP contribution in [0.5, 0.6) is 5.75 Å². The van der Waals surface area contributed by atoms with Gasteiger partial charge in [0.25, 0.3) is 5.91 Å². The summed E-state index contributed by atoms with van der Waals surface area (Å²) in [6.07, 6.45) is 2.55. The van der Waals surface area contributed by atoms with Crippen LogP contribution in [0.25, 0.3) is 0 Å². The first-order valence-corrected chi connectivity index (χ1v) is 7.04. The molecule has 0 spiro atoms. The van der Waals surface area contributed by atoms with Crippen LogP contribution in [0.1, 0.15) is 29.6 Å². The average Bonchev–Trinajstić information content (AvgIpc) is 2.53. The number of methoxy groups -OCH3 is 1. The van der Waals surface area contributed by atoms with Crippen LogP contribution < -0.4 is 15.8 Å². The van der Waals surface area contributed by atoms with Gasteiger partial charge in [0.1, 0.15) is 11.8 Å². The van der Waals surface area contributed by atoms with E-state index in [0.717, 1.165) is 12.8 Å². The third kappa shape index (κ3) is 3.09. The predicted molar refractivity (Wildman–Crippen MR) is 80.1 cm³/mol. The van der Waals surface area contributed by atoms with Crippen molar-refractivity contribution in [3.63, 3.8) is 0 Å². The molecule has 0 radical (unpaired) electrons. The summed E-state index contributed by atoms with van der Waals surface area (Å²) in [7, 11) is 3.12. The number of amides is 2. The van der Waals surface area contributed by atoms with Crippen LogP contribution in [0.2, 0.25) is 0 Å². The zero-order valence-corrected chi connectivity index (χ0v) is 12.4. The minimum atomic E-state index is -0.403. The van der Waals surface area contributed by atoms with Crippen molar-refractivity contribution in [2.75, 3.05) is 26.4 Å². The van der Waals surface area contributed by atoms with Gasteiger partial charge in [0.05, 0.1) is 12.8 Å². The second-order valence-electron chi connectivity index (χ2n) is 5.08. The molecule has 1 heterocycles. The van der Waals surface area contributed by atoms with E-state index in [1.54, 1.807) is 30.1 Å². The molecule has 21 heavy (non-hydrogen) atoms. The van der Waals surface area contributed by atoms with Gasteiger partial charge in [-0.05, 0) is 37.5 Å². The fourth-order valence-electron chi connectivity index (χ4n) is 2.65. The number of likely N-dealkylation sites (tertiary alicyclic amines) is 1. The molecule has 1 fully saturated rings. The topological polar surface area (TPSA) is 84.7 Å². The van der Waals surface area contributed by atoms with Crippen LogP contribution in [0, 0.1) is 0 Å². The lowest BCUT2D eigenvalue weighted by atomic mass is 10.00. The predicted octanol–water partition coefficient (Wildman–Crippen LogP) is 1.02. The van der Waals surface area contributed by atoms with E-state index in [1.807, 2.05) is 0 Å². The summed E-state index contributed by atoms with van der Waals surface area (Å²) in [5.41, 5.74) is 6.73. The van der Waals surface area contributed by atoms with Gasteiger partial charge < -0.3 is 20.7 Å². The maximum atomic E-state index is 12.6. The van der Waals surface area contributed by atoms with E-state index in [9.17, 15) is 9.59 Å². The van der Waals surface area contributed by atoms with E-state index in [2.05, 4.69) is 5.32 Å². The molecule has 0 aliphatic carbocycles. The molecule has 1 saturated heterocycles. The van der Waals surface area contributed by atoms with Crippen molar-refractivity contribution < 1.29 is 14.3 Å². The molecular formula is C15H21N3O3. The third-order valence-electron chi connectivity index (χ3n) is 3.79. The van der Waals surface area contributed by atoms with Gasteiger partial charge in [0.15, 0.2) is 0 Å². The van der Waals surface area contributed by atoms with Gasteiger partial charge in [-0.25, -0.2) is 0 Å². The highest BCUT2D eigenvalue weighted by molar-refractivity contribution is 5.98. The standard InChI is InChI=1S/C15H21N3O3/c1-17-14(19)12-5-3-4-8-18(12)15(20)10-6-7-13(21-2)11(16)9-10/h6-7,9,12H,3-5,8,16H2,1-2H3,(H,17,19). The summed E-state index contributed by atoms with van der Waals surface area (Å²) >= 11 is 0. The number of hydrogen-bond donors (Lipinski definition) is 2. The van der Waals surface area contributed by atoms with Crippen molar-refractivity contribution >= 4 is 17.5 Å². The van der Waals surface area contributed by atoms with Crippen LogP contribution >= 0.6 is 0 Å². The molecule has 1 aromatic rings. The Morgan fingerprint density at radius 2 is 2.14 bits per heavy atom. The number of ether oxygens (including phenoxy) is 1. The lowest BCUT2D eigenvalue weighted by Gasteiger charge is -2.34. The molecular weight excluding hydrogens is 270 g/mol. The number of nitrogens with one attached hydrogen (secondary N) is 1. The molecule has 1 aliphatic rings. The molecule has 3 N–H and O–H groups in total. The van der Waals surface area contributed by atoms with E-state index in [4.69, 9.17) is 10.5 Å². The molecule has 0 saturated carbocycles. The van der Waals surface area contributed by atoms with Gasteiger partial charge in [-0.3, -0.25) is 9.59 Å². The van der Waals surface area contributed by atoms with Crippen molar-refractivity contribution in [2.45, 2.75) is 25.3 Å². The Morgan fingerprint density at radius 1 is 1.38 bits per heavy atom.